The molecule has 0 amide bonds. The van der Waals surface area contributed by atoms with Crippen LogP contribution in [0.1, 0.15) is 22.3 Å². The van der Waals surface area contributed by atoms with Crippen LogP contribution in [0.2, 0.25) is 0 Å². The fourth-order valence-corrected chi connectivity index (χ4v) is 3.00. The first-order valence-corrected chi connectivity index (χ1v) is 7.80. The summed E-state index contributed by atoms with van der Waals surface area (Å²) < 4.78 is 0. The summed E-state index contributed by atoms with van der Waals surface area (Å²) in [6.07, 6.45) is 0. The van der Waals surface area contributed by atoms with Crippen LogP contribution < -0.4 is 0 Å². The van der Waals surface area contributed by atoms with Gasteiger partial charge < -0.3 is 0 Å². The van der Waals surface area contributed by atoms with E-state index in [1.54, 1.807) is 0 Å². The summed E-state index contributed by atoms with van der Waals surface area (Å²) in [6, 6.07) is 22.1. The van der Waals surface area contributed by atoms with Crippen molar-refractivity contribution in [1.82, 2.24) is 0 Å². The standard InChI is InChI=1S/C22H22/c1-15-5-11-19(12-6-15)21-17(3)9-10-18(4)22(21)20-13-7-16(2)8-14-20/h5-14H,1-4H3. The molecule has 0 atom stereocenters. The second kappa shape index (κ2) is 5.81. The van der Waals surface area contributed by atoms with Crippen LogP contribution in [0.4, 0.5) is 0 Å². The van der Waals surface area contributed by atoms with Crippen LogP contribution in [0.5, 0.6) is 0 Å². The Morgan fingerprint density at radius 3 is 1.05 bits per heavy atom. The van der Waals surface area contributed by atoms with Crippen LogP contribution in [0, 0.1) is 27.7 Å². The molecule has 0 nitrogen and oxygen atoms in total. The zero-order valence-corrected chi connectivity index (χ0v) is 13.8. The minimum absolute atomic E-state index is 1.29. The Morgan fingerprint density at radius 1 is 0.409 bits per heavy atom. The summed E-state index contributed by atoms with van der Waals surface area (Å²) in [5.74, 6) is 0. The summed E-state index contributed by atoms with van der Waals surface area (Å²) in [4.78, 5) is 0. The van der Waals surface area contributed by atoms with Gasteiger partial charge in [0.25, 0.3) is 0 Å². The lowest BCUT2D eigenvalue weighted by Gasteiger charge is -2.17. The van der Waals surface area contributed by atoms with Gasteiger partial charge in [-0.2, -0.15) is 0 Å². The first-order chi connectivity index (χ1) is 10.6. The van der Waals surface area contributed by atoms with E-state index < -0.39 is 0 Å². The molecule has 22 heavy (non-hydrogen) atoms. The highest BCUT2D eigenvalue weighted by Gasteiger charge is 2.12. The van der Waals surface area contributed by atoms with Crippen molar-refractivity contribution < 1.29 is 0 Å². The number of hydrogen-bond acceptors (Lipinski definition) is 0. The van der Waals surface area contributed by atoms with E-state index in [0.717, 1.165) is 0 Å². The van der Waals surface area contributed by atoms with Crippen molar-refractivity contribution in [3.63, 3.8) is 0 Å². The molecule has 0 N–H and O–H groups in total. The van der Waals surface area contributed by atoms with Crippen LogP contribution in [0.15, 0.2) is 60.7 Å². The number of benzene rings is 3. The molecular formula is C22H22. The van der Waals surface area contributed by atoms with E-state index in [1.165, 1.54) is 44.5 Å². The Labute approximate surface area is 133 Å². The van der Waals surface area contributed by atoms with Crippen LogP contribution in [-0.2, 0) is 0 Å². The van der Waals surface area contributed by atoms with Gasteiger partial charge in [0.15, 0.2) is 0 Å². The molecule has 0 fully saturated rings. The lowest BCUT2D eigenvalue weighted by Crippen LogP contribution is -1.93. The lowest BCUT2D eigenvalue weighted by molar-refractivity contribution is 1.37. The molecule has 0 saturated carbocycles. The fourth-order valence-electron chi connectivity index (χ4n) is 3.00. The molecule has 0 aliphatic heterocycles. The smallest absolute Gasteiger partial charge is 0.00735 e. The van der Waals surface area contributed by atoms with Gasteiger partial charge in [-0.3, -0.25) is 0 Å². The fraction of sp³-hybridized carbons (Fsp3) is 0.182. The molecule has 3 aromatic carbocycles. The van der Waals surface area contributed by atoms with Crippen molar-refractivity contribution >= 4 is 0 Å². The van der Waals surface area contributed by atoms with Crippen LogP contribution in [0.3, 0.4) is 0 Å². The van der Waals surface area contributed by atoms with Gasteiger partial charge in [-0.05, 0) is 61.1 Å². The van der Waals surface area contributed by atoms with Gasteiger partial charge in [-0.1, -0.05) is 71.8 Å². The molecular weight excluding hydrogens is 264 g/mol. The Hall–Kier alpha value is -2.34. The van der Waals surface area contributed by atoms with E-state index in [-0.39, 0.29) is 0 Å². The average molecular weight is 286 g/mol. The van der Waals surface area contributed by atoms with E-state index in [9.17, 15) is 0 Å². The third-order valence-corrected chi connectivity index (χ3v) is 4.30. The Morgan fingerprint density at radius 2 is 0.727 bits per heavy atom. The second-order valence-electron chi connectivity index (χ2n) is 6.18. The molecule has 0 spiro atoms. The van der Waals surface area contributed by atoms with E-state index in [2.05, 4.69) is 88.4 Å². The van der Waals surface area contributed by atoms with Crippen LogP contribution in [0.25, 0.3) is 22.3 Å². The molecule has 3 rings (SSSR count). The Bertz CT molecular complexity index is 720. The first kappa shape index (κ1) is 14.6. The predicted molar refractivity (Wildman–Crippen MR) is 96.3 cm³/mol. The maximum atomic E-state index is 2.23. The largest absolute Gasteiger partial charge is 0.0587 e. The highest BCUT2D eigenvalue weighted by Crippen LogP contribution is 2.37. The van der Waals surface area contributed by atoms with Crippen molar-refractivity contribution in [1.29, 1.82) is 0 Å². The van der Waals surface area contributed by atoms with E-state index in [1.807, 2.05) is 0 Å². The molecule has 0 aliphatic carbocycles. The van der Waals surface area contributed by atoms with Crippen molar-refractivity contribution in [2.75, 3.05) is 0 Å². The van der Waals surface area contributed by atoms with Gasteiger partial charge in [0.1, 0.15) is 0 Å². The molecule has 0 saturated heterocycles. The number of hydrogen-bond donors (Lipinski definition) is 0. The monoisotopic (exact) mass is 286 g/mol. The van der Waals surface area contributed by atoms with Crippen LogP contribution in [-0.4, -0.2) is 0 Å². The summed E-state index contributed by atoms with van der Waals surface area (Å²) in [5.41, 5.74) is 10.5. The number of aryl methyl sites for hydroxylation is 4. The average Bonchev–Trinajstić information content (AvgIpc) is 2.51. The number of rotatable bonds is 2. The van der Waals surface area contributed by atoms with Gasteiger partial charge in [0.2, 0.25) is 0 Å². The third-order valence-electron chi connectivity index (χ3n) is 4.30. The Kier molecular flexibility index (Phi) is 3.85. The first-order valence-electron chi connectivity index (χ1n) is 7.80. The quantitative estimate of drug-likeness (QED) is 0.522. The molecule has 0 heterocycles. The Balaban J connectivity index is 2.27. The lowest BCUT2D eigenvalue weighted by atomic mass is 9.87. The summed E-state index contributed by atoms with van der Waals surface area (Å²) in [5, 5.41) is 0. The van der Waals surface area contributed by atoms with E-state index in [4.69, 9.17) is 0 Å². The highest BCUT2D eigenvalue weighted by atomic mass is 14.2. The highest BCUT2D eigenvalue weighted by molar-refractivity contribution is 5.87. The normalized spacial score (nSPS) is 10.7. The molecule has 0 unspecified atom stereocenters. The van der Waals surface area contributed by atoms with Crippen LogP contribution >= 0.6 is 0 Å². The van der Waals surface area contributed by atoms with Gasteiger partial charge >= 0.3 is 0 Å². The summed E-state index contributed by atoms with van der Waals surface area (Å²) in [7, 11) is 0. The molecule has 110 valence electrons. The maximum Gasteiger partial charge on any atom is -0.00735 e. The van der Waals surface area contributed by atoms with Crippen molar-refractivity contribution in [2.24, 2.45) is 0 Å². The van der Waals surface area contributed by atoms with Gasteiger partial charge in [-0.15, -0.1) is 0 Å². The minimum atomic E-state index is 1.29. The van der Waals surface area contributed by atoms with Crippen molar-refractivity contribution in [3.05, 3.63) is 82.9 Å². The topological polar surface area (TPSA) is 0 Å². The molecule has 0 radical (unpaired) electrons. The predicted octanol–water partition coefficient (Wildman–Crippen LogP) is 6.25. The third kappa shape index (κ3) is 2.69. The summed E-state index contributed by atoms with van der Waals surface area (Å²) in [6.45, 7) is 8.67. The van der Waals surface area contributed by atoms with Crippen molar-refractivity contribution in [3.8, 4) is 22.3 Å². The van der Waals surface area contributed by atoms with E-state index in [0.29, 0.717) is 0 Å². The van der Waals surface area contributed by atoms with Crippen molar-refractivity contribution in [2.45, 2.75) is 27.7 Å². The van der Waals surface area contributed by atoms with Gasteiger partial charge in [0.05, 0.1) is 0 Å². The molecule has 0 bridgehead atoms. The van der Waals surface area contributed by atoms with Gasteiger partial charge in [0, 0.05) is 0 Å². The van der Waals surface area contributed by atoms with Gasteiger partial charge in [-0.25, -0.2) is 0 Å². The zero-order valence-electron chi connectivity index (χ0n) is 13.8. The minimum Gasteiger partial charge on any atom is -0.0587 e. The molecule has 0 heteroatoms. The molecule has 0 aromatic heterocycles. The summed E-state index contributed by atoms with van der Waals surface area (Å²) >= 11 is 0. The molecule has 0 aliphatic rings. The van der Waals surface area contributed by atoms with E-state index >= 15 is 0 Å². The zero-order chi connectivity index (χ0) is 15.7. The maximum absolute atomic E-state index is 2.23. The SMILES string of the molecule is Cc1ccc(-c2c(C)ccc(C)c2-c2ccc(C)cc2)cc1. The molecule has 3 aromatic rings. The second-order valence-corrected chi connectivity index (χ2v) is 6.18.